The first-order valence-corrected chi connectivity index (χ1v) is 6.08. The van der Waals surface area contributed by atoms with Crippen molar-refractivity contribution in [2.75, 3.05) is 33.9 Å². The zero-order valence-electron chi connectivity index (χ0n) is 11.1. The highest BCUT2D eigenvalue weighted by molar-refractivity contribution is 5.23. The summed E-state index contributed by atoms with van der Waals surface area (Å²) in [5.74, 6) is 0. The van der Waals surface area contributed by atoms with Crippen LogP contribution in [-0.4, -0.2) is 38.8 Å². The molecular formula is C14H24N2O. The molecule has 0 aliphatic carbocycles. The van der Waals surface area contributed by atoms with E-state index in [0.717, 1.165) is 26.1 Å². The second-order valence-electron chi connectivity index (χ2n) is 4.87. The minimum atomic E-state index is -0.302. The van der Waals surface area contributed by atoms with Crippen molar-refractivity contribution in [3.8, 4) is 0 Å². The lowest BCUT2D eigenvalue weighted by molar-refractivity contribution is 0.171. The lowest BCUT2D eigenvalue weighted by Crippen LogP contribution is -2.44. The predicted octanol–water partition coefficient (Wildman–Crippen LogP) is 1.83. The van der Waals surface area contributed by atoms with E-state index in [4.69, 9.17) is 10.5 Å². The van der Waals surface area contributed by atoms with E-state index in [0.29, 0.717) is 0 Å². The number of likely N-dealkylation sites (N-methyl/N-ethyl adjacent to an activating group) is 1. The van der Waals surface area contributed by atoms with Gasteiger partial charge < -0.3 is 15.4 Å². The molecule has 0 fully saturated rings. The number of hydrogen-bond donors (Lipinski definition) is 1. The summed E-state index contributed by atoms with van der Waals surface area (Å²) in [5, 5.41) is 0. The molecule has 0 radical (unpaired) electrons. The zero-order chi connectivity index (χ0) is 12.7. The molecule has 17 heavy (non-hydrogen) atoms. The third kappa shape index (κ3) is 4.86. The summed E-state index contributed by atoms with van der Waals surface area (Å²) < 4.78 is 5.05. The average molecular weight is 236 g/mol. The number of methoxy groups -OCH3 is 1. The first-order chi connectivity index (χ1) is 8.06. The minimum absolute atomic E-state index is 0.302. The van der Waals surface area contributed by atoms with Gasteiger partial charge in [0.15, 0.2) is 0 Å². The Morgan fingerprint density at radius 3 is 2.53 bits per heavy atom. The van der Waals surface area contributed by atoms with Crippen LogP contribution in [0.5, 0.6) is 0 Å². The second kappa shape index (κ2) is 6.74. The van der Waals surface area contributed by atoms with Crippen LogP contribution in [0.3, 0.4) is 0 Å². The van der Waals surface area contributed by atoms with Gasteiger partial charge in [0.1, 0.15) is 0 Å². The molecule has 0 aliphatic rings. The molecular weight excluding hydrogens is 212 g/mol. The second-order valence-corrected chi connectivity index (χ2v) is 4.87. The van der Waals surface area contributed by atoms with Crippen molar-refractivity contribution in [2.45, 2.75) is 18.9 Å². The van der Waals surface area contributed by atoms with Crippen molar-refractivity contribution in [1.29, 1.82) is 0 Å². The molecule has 0 bridgehead atoms. The summed E-state index contributed by atoms with van der Waals surface area (Å²) >= 11 is 0. The molecule has 0 spiro atoms. The Hall–Kier alpha value is -0.900. The molecule has 0 amide bonds. The Kier molecular flexibility index (Phi) is 5.62. The van der Waals surface area contributed by atoms with E-state index in [-0.39, 0.29) is 5.54 Å². The van der Waals surface area contributed by atoms with E-state index in [1.165, 1.54) is 5.56 Å². The fourth-order valence-electron chi connectivity index (χ4n) is 2.03. The standard InChI is InChI=1S/C14H24N2O/c1-14(15,13-8-5-4-6-9-13)12-16(2)10-7-11-17-3/h4-6,8-9H,7,10-12,15H2,1-3H3. The van der Waals surface area contributed by atoms with Crippen LogP contribution >= 0.6 is 0 Å². The van der Waals surface area contributed by atoms with Gasteiger partial charge in [-0.15, -0.1) is 0 Å². The van der Waals surface area contributed by atoms with Crippen LogP contribution in [0.2, 0.25) is 0 Å². The molecule has 0 aliphatic heterocycles. The maximum absolute atomic E-state index is 6.37. The predicted molar refractivity (Wildman–Crippen MR) is 72.0 cm³/mol. The largest absolute Gasteiger partial charge is 0.385 e. The molecule has 1 aromatic carbocycles. The van der Waals surface area contributed by atoms with Crippen molar-refractivity contribution in [1.82, 2.24) is 4.90 Å². The van der Waals surface area contributed by atoms with Gasteiger partial charge in [0.2, 0.25) is 0 Å². The molecule has 3 heteroatoms. The van der Waals surface area contributed by atoms with Gasteiger partial charge in [0.25, 0.3) is 0 Å². The van der Waals surface area contributed by atoms with Crippen LogP contribution in [0.15, 0.2) is 30.3 Å². The van der Waals surface area contributed by atoms with Crippen molar-refractivity contribution >= 4 is 0 Å². The molecule has 0 saturated carbocycles. The fraction of sp³-hybridized carbons (Fsp3) is 0.571. The van der Waals surface area contributed by atoms with Gasteiger partial charge in [-0.2, -0.15) is 0 Å². The Bertz CT molecular complexity index is 311. The monoisotopic (exact) mass is 236 g/mol. The summed E-state index contributed by atoms with van der Waals surface area (Å²) in [6.45, 7) is 4.74. The SMILES string of the molecule is COCCCN(C)CC(C)(N)c1ccccc1. The Balaban J connectivity index is 2.49. The molecule has 1 aromatic rings. The summed E-state index contributed by atoms with van der Waals surface area (Å²) in [6.07, 6.45) is 1.04. The van der Waals surface area contributed by atoms with Crippen molar-refractivity contribution in [2.24, 2.45) is 5.73 Å². The van der Waals surface area contributed by atoms with Crippen molar-refractivity contribution < 1.29 is 4.74 Å². The van der Waals surface area contributed by atoms with E-state index < -0.39 is 0 Å². The normalized spacial score (nSPS) is 14.9. The van der Waals surface area contributed by atoms with Crippen molar-refractivity contribution in [3.05, 3.63) is 35.9 Å². The van der Waals surface area contributed by atoms with E-state index in [9.17, 15) is 0 Å². The minimum Gasteiger partial charge on any atom is -0.385 e. The molecule has 96 valence electrons. The summed E-state index contributed by atoms with van der Waals surface area (Å²) in [6, 6.07) is 10.3. The molecule has 0 aromatic heterocycles. The van der Waals surface area contributed by atoms with E-state index in [1.54, 1.807) is 7.11 Å². The van der Waals surface area contributed by atoms with Gasteiger partial charge in [0, 0.05) is 26.8 Å². The number of nitrogens with zero attached hydrogens (tertiary/aromatic N) is 1. The molecule has 1 unspecified atom stereocenters. The first-order valence-electron chi connectivity index (χ1n) is 6.08. The topological polar surface area (TPSA) is 38.5 Å². The Morgan fingerprint density at radius 2 is 1.94 bits per heavy atom. The maximum Gasteiger partial charge on any atom is 0.0509 e. The van der Waals surface area contributed by atoms with Gasteiger partial charge in [0.05, 0.1) is 5.54 Å². The highest BCUT2D eigenvalue weighted by Gasteiger charge is 2.22. The number of nitrogens with two attached hydrogens (primary N) is 1. The highest BCUT2D eigenvalue weighted by atomic mass is 16.5. The molecule has 2 N–H and O–H groups in total. The number of benzene rings is 1. The van der Waals surface area contributed by atoms with E-state index in [1.807, 2.05) is 18.2 Å². The van der Waals surface area contributed by atoms with Crippen molar-refractivity contribution in [3.63, 3.8) is 0 Å². The van der Waals surface area contributed by atoms with E-state index >= 15 is 0 Å². The van der Waals surface area contributed by atoms with Gasteiger partial charge in [-0.3, -0.25) is 0 Å². The summed E-state index contributed by atoms with van der Waals surface area (Å²) in [7, 11) is 3.83. The smallest absolute Gasteiger partial charge is 0.0509 e. The third-order valence-electron chi connectivity index (χ3n) is 2.92. The van der Waals surface area contributed by atoms with Gasteiger partial charge in [-0.25, -0.2) is 0 Å². The van der Waals surface area contributed by atoms with Crippen LogP contribution in [0.25, 0.3) is 0 Å². The van der Waals surface area contributed by atoms with Crippen LogP contribution in [-0.2, 0) is 10.3 Å². The van der Waals surface area contributed by atoms with Gasteiger partial charge in [-0.05, 0) is 26.0 Å². The zero-order valence-corrected chi connectivity index (χ0v) is 11.1. The third-order valence-corrected chi connectivity index (χ3v) is 2.92. The van der Waals surface area contributed by atoms with Gasteiger partial charge >= 0.3 is 0 Å². The van der Waals surface area contributed by atoms with Crippen LogP contribution in [0, 0.1) is 0 Å². The number of hydrogen-bond acceptors (Lipinski definition) is 3. The molecule has 0 heterocycles. The van der Waals surface area contributed by atoms with Crippen LogP contribution in [0.4, 0.5) is 0 Å². The summed E-state index contributed by atoms with van der Waals surface area (Å²) in [5.41, 5.74) is 7.25. The lowest BCUT2D eigenvalue weighted by Gasteiger charge is -2.30. The Morgan fingerprint density at radius 1 is 1.29 bits per heavy atom. The van der Waals surface area contributed by atoms with Crippen LogP contribution < -0.4 is 5.73 Å². The average Bonchev–Trinajstić information content (AvgIpc) is 2.30. The van der Waals surface area contributed by atoms with E-state index in [2.05, 4.69) is 31.0 Å². The first kappa shape index (κ1) is 14.2. The summed E-state index contributed by atoms with van der Waals surface area (Å²) in [4.78, 5) is 2.26. The number of rotatable bonds is 7. The number of ether oxygens (including phenoxy) is 1. The quantitative estimate of drug-likeness (QED) is 0.734. The Labute approximate surface area is 105 Å². The molecule has 3 nitrogen and oxygen atoms in total. The maximum atomic E-state index is 6.37. The molecule has 1 rings (SSSR count). The van der Waals surface area contributed by atoms with Crippen LogP contribution in [0.1, 0.15) is 18.9 Å². The lowest BCUT2D eigenvalue weighted by atomic mass is 9.93. The fourth-order valence-corrected chi connectivity index (χ4v) is 2.03. The molecule has 0 saturated heterocycles. The van der Waals surface area contributed by atoms with Gasteiger partial charge in [-0.1, -0.05) is 30.3 Å². The highest BCUT2D eigenvalue weighted by Crippen LogP contribution is 2.18. The molecule has 1 atom stereocenters.